The van der Waals surface area contributed by atoms with Crippen LogP contribution in [0.15, 0.2) is 24.3 Å². The lowest BCUT2D eigenvalue weighted by Crippen LogP contribution is -2.50. The molecule has 1 aliphatic heterocycles. The maximum atomic E-state index is 12.2. The molecule has 5 heteroatoms. The number of benzene rings is 1. The van der Waals surface area contributed by atoms with E-state index in [1.807, 2.05) is 0 Å². The molecule has 0 bridgehead atoms. The van der Waals surface area contributed by atoms with Crippen molar-refractivity contribution in [3.05, 3.63) is 29.8 Å². The Labute approximate surface area is 106 Å². The van der Waals surface area contributed by atoms with Crippen molar-refractivity contribution in [1.29, 1.82) is 0 Å². The third-order valence-electron chi connectivity index (χ3n) is 3.08. The molecule has 0 N–H and O–H groups in total. The smallest absolute Gasteiger partial charge is 0.254 e. The number of amides is 2. The Morgan fingerprint density at radius 2 is 1.89 bits per heavy atom. The molecule has 1 fully saturated rings. The highest BCUT2D eigenvalue weighted by atomic mass is 16.5. The van der Waals surface area contributed by atoms with Gasteiger partial charge in [0, 0.05) is 25.7 Å². The Hall–Kier alpha value is -2.04. The summed E-state index contributed by atoms with van der Waals surface area (Å²) in [5.74, 6) is 0.572. The molecule has 1 aliphatic rings. The zero-order valence-corrected chi connectivity index (χ0v) is 10.5. The number of hydrogen-bond acceptors (Lipinski definition) is 3. The van der Waals surface area contributed by atoms with Gasteiger partial charge in [0.05, 0.1) is 7.11 Å². The highest BCUT2D eigenvalue weighted by Crippen LogP contribution is 2.14. The lowest BCUT2D eigenvalue weighted by Gasteiger charge is -2.32. The minimum absolute atomic E-state index is 0.0249. The van der Waals surface area contributed by atoms with E-state index in [9.17, 15) is 9.59 Å². The molecule has 0 saturated carbocycles. The number of likely N-dealkylation sites (N-methyl/N-ethyl adjacent to an activating group) is 1. The highest BCUT2D eigenvalue weighted by Gasteiger charge is 2.25. The van der Waals surface area contributed by atoms with E-state index in [-0.39, 0.29) is 18.4 Å². The Kier molecular flexibility index (Phi) is 3.50. The van der Waals surface area contributed by atoms with Crippen molar-refractivity contribution in [2.75, 3.05) is 33.8 Å². The van der Waals surface area contributed by atoms with Crippen molar-refractivity contribution in [3.63, 3.8) is 0 Å². The summed E-state index contributed by atoms with van der Waals surface area (Å²) in [5, 5.41) is 0. The van der Waals surface area contributed by atoms with E-state index < -0.39 is 0 Å². The maximum absolute atomic E-state index is 12.2. The fourth-order valence-corrected chi connectivity index (χ4v) is 1.85. The molecule has 5 nitrogen and oxygen atoms in total. The Morgan fingerprint density at radius 1 is 1.22 bits per heavy atom. The Morgan fingerprint density at radius 3 is 2.44 bits per heavy atom. The van der Waals surface area contributed by atoms with Gasteiger partial charge in [0.2, 0.25) is 5.91 Å². The number of carbonyl (C=O) groups excluding carboxylic acids is 2. The van der Waals surface area contributed by atoms with Gasteiger partial charge in [-0.05, 0) is 24.3 Å². The summed E-state index contributed by atoms with van der Waals surface area (Å²) in [6, 6.07) is 6.91. The van der Waals surface area contributed by atoms with Crippen molar-refractivity contribution >= 4 is 11.8 Å². The molecule has 0 radical (unpaired) electrons. The third kappa shape index (κ3) is 2.45. The summed E-state index contributed by atoms with van der Waals surface area (Å²) in [6.45, 7) is 1.31. The lowest BCUT2D eigenvalue weighted by molar-refractivity contribution is -0.133. The fraction of sp³-hybridized carbons (Fsp3) is 0.385. The molecule has 96 valence electrons. The molecule has 0 aromatic heterocycles. The Balaban J connectivity index is 2.08. The quantitative estimate of drug-likeness (QED) is 0.770. The van der Waals surface area contributed by atoms with E-state index in [1.165, 1.54) is 0 Å². The van der Waals surface area contributed by atoms with Crippen LogP contribution >= 0.6 is 0 Å². The van der Waals surface area contributed by atoms with E-state index in [1.54, 1.807) is 48.2 Å². The van der Waals surface area contributed by atoms with Gasteiger partial charge in [-0.25, -0.2) is 0 Å². The van der Waals surface area contributed by atoms with Crippen LogP contribution < -0.4 is 4.74 Å². The lowest BCUT2D eigenvalue weighted by atomic mass is 10.1. The summed E-state index contributed by atoms with van der Waals surface area (Å²) >= 11 is 0. The van der Waals surface area contributed by atoms with Crippen LogP contribution in [0.2, 0.25) is 0 Å². The van der Waals surface area contributed by atoms with Crippen LogP contribution in [0.5, 0.6) is 5.75 Å². The number of carbonyl (C=O) groups is 2. The standard InChI is InChI=1S/C13H16N2O3/c1-14-7-8-15(9-12(14)16)13(17)10-3-5-11(18-2)6-4-10/h3-6H,7-9H2,1-2H3. The molecule has 0 aliphatic carbocycles. The van der Waals surface area contributed by atoms with Gasteiger partial charge in [0.25, 0.3) is 5.91 Å². The number of rotatable bonds is 2. The van der Waals surface area contributed by atoms with Crippen LogP contribution in [0.25, 0.3) is 0 Å². The summed E-state index contributed by atoms with van der Waals surface area (Å²) in [4.78, 5) is 26.9. The molecule has 0 spiro atoms. The topological polar surface area (TPSA) is 49.9 Å². The van der Waals surface area contributed by atoms with E-state index in [4.69, 9.17) is 4.74 Å². The summed E-state index contributed by atoms with van der Waals surface area (Å²) < 4.78 is 5.04. The number of hydrogen-bond donors (Lipinski definition) is 0. The van der Waals surface area contributed by atoms with Gasteiger partial charge in [-0.3, -0.25) is 9.59 Å². The van der Waals surface area contributed by atoms with Crippen molar-refractivity contribution in [3.8, 4) is 5.75 Å². The zero-order chi connectivity index (χ0) is 13.1. The van der Waals surface area contributed by atoms with Gasteiger partial charge in [-0.15, -0.1) is 0 Å². The molecule has 0 atom stereocenters. The minimum Gasteiger partial charge on any atom is -0.497 e. The predicted molar refractivity (Wildman–Crippen MR) is 66.5 cm³/mol. The predicted octanol–water partition coefficient (Wildman–Crippen LogP) is 0.609. The first-order valence-corrected chi connectivity index (χ1v) is 5.79. The number of piperazine rings is 1. The summed E-state index contributed by atoms with van der Waals surface area (Å²) in [5.41, 5.74) is 0.577. The minimum atomic E-state index is -0.112. The number of methoxy groups -OCH3 is 1. The van der Waals surface area contributed by atoms with E-state index >= 15 is 0 Å². The van der Waals surface area contributed by atoms with Gasteiger partial charge in [-0.1, -0.05) is 0 Å². The maximum Gasteiger partial charge on any atom is 0.254 e. The first-order valence-electron chi connectivity index (χ1n) is 5.79. The highest BCUT2D eigenvalue weighted by molar-refractivity contribution is 5.97. The van der Waals surface area contributed by atoms with Gasteiger partial charge >= 0.3 is 0 Å². The van der Waals surface area contributed by atoms with Crippen LogP contribution in [0.1, 0.15) is 10.4 Å². The van der Waals surface area contributed by atoms with Crippen molar-refractivity contribution in [2.24, 2.45) is 0 Å². The molecular weight excluding hydrogens is 232 g/mol. The van der Waals surface area contributed by atoms with Crippen LogP contribution in [0, 0.1) is 0 Å². The van der Waals surface area contributed by atoms with Crippen LogP contribution in [0.4, 0.5) is 0 Å². The average Bonchev–Trinajstić information content (AvgIpc) is 2.41. The molecule has 2 amide bonds. The van der Waals surface area contributed by atoms with Crippen LogP contribution in [0.3, 0.4) is 0 Å². The molecule has 0 unspecified atom stereocenters. The normalized spacial score (nSPS) is 15.8. The van der Waals surface area contributed by atoms with E-state index in [2.05, 4.69) is 0 Å². The summed E-state index contributed by atoms with van der Waals surface area (Å²) in [7, 11) is 3.33. The van der Waals surface area contributed by atoms with Gasteiger partial charge < -0.3 is 14.5 Å². The van der Waals surface area contributed by atoms with E-state index in [0.717, 1.165) is 0 Å². The molecule has 1 aromatic carbocycles. The first-order chi connectivity index (χ1) is 8.61. The summed E-state index contributed by atoms with van der Waals surface area (Å²) in [6.07, 6.45) is 0. The van der Waals surface area contributed by atoms with Gasteiger partial charge in [-0.2, -0.15) is 0 Å². The number of ether oxygens (including phenoxy) is 1. The largest absolute Gasteiger partial charge is 0.497 e. The number of nitrogens with zero attached hydrogens (tertiary/aromatic N) is 2. The second-order valence-electron chi connectivity index (χ2n) is 4.27. The van der Waals surface area contributed by atoms with Gasteiger partial charge in [0.15, 0.2) is 0 Å². The monoisotopic (exact) mass is 248 g/mol. The molecule has 1 saturated heterocycles. The zero-order valence-electron chi connectivity index (χ0n) is 10.5. The molecular formula is C13H16N2O3. The molecule has 2 rings (SSSR count). The van der Waals surface area contributed by atoms with Crippen molar-refractivity contribution in [2.45, 2.75) is 0 Å². The Bertz CT molecular complexity index is 456. The molecule has 1 aromatic rings. The third-order valence-corrected chi connectivity index (χ3v) is 3.08. The SMILES string of the molecule is COc1ccc(C(=O)N2CCN(C)C(=O)C2)cc1. The molecule has 18 heavy (non-hydrogen) atoms. The van der Waals surface area contributed by atoms with Crippen molar-refractivity contribution in [1.82, 2.24) is 9.80 Å². The van der Waals surface area contributed by atoms with Crippen LogP contribution in [-0.4, -0.2) is 55.4 Å². The first kappa shape index (κ1) is 12.4. The second-order valence-corrected chi connectivity index (χ2v) is 4.27. The average molecular weight is 248 g/mol. The molecule has 1 heterocycles. The second kappa shape index (κ2) is 5.08. The van der Waals surface area contributed by atoms with E-state index in [0.29, 0.717) is 24.4 Å². The van der Waals surface area contributed by atoms with Crippen molar-refractivity contribution < 1.29 is 14.3 Å². The van der Waals surface area contributed by atoms with Gasteiger partial charge in [0.1, 0.15) is 12.3 Å². The fourth-order valence-electron chi connectivity index (χ4n) is 1.85. The van der Waals surface area contributed by atoms with Crippen LogP contribution in [-0.2, 0) is 4.79 Å².